The first-order chi connectivity index (χ1) is 15.7. The van der Waals surface area contributed by atoms with E-state index in [9.17, 15) is 14.7 Å². The molecule has 0 radical (unpaired) electrons. The molecule has 1 aliphatic rings. The minimum Gasteiger partial charge on any atom is -0.503 e. The Morgan fingerprint density at radius 2 is 1.67 bits per heavy atom. The molecule has 6 nitrogen and oxygen atoms in total. The van der Waals surface area contributed by atoms with Crippen molar-refractivity contribution in [2.45, 2.75) is 26.8 Å². The highest BCUT2D eigenvalue weighted by Gasteiger charge is 2.47. The summed E-state index contributed by atoms with van der Waals surface area (Å²) in [5.41, 5.74) is 2.16. The van der Waals surface area contributed by atoms with Gasteiger partial charge in [-0.2, -0.15) is 0 Å². The number of hydrogen-bond acceptors (Lipinski definition) is 5. The number of ketones is 1. The predicted octanol–water partition coefficient (Wildman–Crippen LogP) is 5.27. The number of carbonyl (C=O) groups is 2. The quantitative estimate of drug-likeness (QED) is 0.582. The number of rotatable bonds is 5. The summed E-state index contributed by atoms with van der Waals surface area (Å²) in [6, 6.07) is 19.4. The number of aliphatic hydroxyl groups excluding tert-OH is 1. The van der Waals surface area contributed by atoms with Gasteiger partial charge in [0.05, 0.1) is 24.4 Å². The zero-order valence-corrected chi connectivity index (χ0v) is 19.1. The first-order valence-corrected chi connectivity index (χ1v) is 10.7. The third kappa shape index (κ3) is 4.00. The third-order valence-corrected chi connectivity index (χ3v) is 5.67. The minimum atomic E-state index is -0.818. The lowest BCUT2D eigenvalue weighted by Gasteiger charge is -2.30. The van der Waals surface area contributed by atoms with Gasteiger partial charge in [-0.15, -0.1) is 0 Å². The molecule has 4 rings (SSSR count). The summed E-state index contributed by atoms with van der Waals surface area (Å²) in [4.78, 5) is 32.5. The number of aromatic nitrogens is 1. The Bertz CT molecular complexity index is 1220. The van der Waals surface area contributed by atoms with Crippen LogP contribution >= 0.6 is 0 Å². The lowest BCUT2D eigenvalue weighted by Crippen LogP contribution is -2.33. The molecule has 2 aromatic carbocycles. The maximum Gasteiger partial charge on any atom is 0.294 e. The number of methoxy groups -OCH3 is 1. The number of anilines is 1. The zero-order chi connectivity index (χ0) is 23.8. The van der Waals surface area contributed by atoms with Crippen LogP contribution in [0.15, 0.2) is 84.3 Å². The van der Waals surface area contributed by atoms with Gasteiger partial charge in [-0.05, 0) is 30.3 Å². The van der Waals surface area contributed by atoms with Gasteiger partial charge in [0.1, 0.15) is 5.75 Å². The molecule has 0 saturated heterocycles. The Labute approximate surface area is 193 Å². The van der Waals surface area contributed by atoms with Crippen LogP contribution in [-0.2, 0) is 9.59 Å². The molecule has 0 saturated carbocycles. The van der Waals surface area contributed by atoms with Gasteiger partial charge in [-0.1, -0.05) is 57.2 Å². The van der Waals surface area contributed by atoms with Crippen molar-refractivity contribution >= 4 is 17.4 Å². The van der Waals surface area contributed by atoms with Gasteiger partial charge in [0.2, 0.25) is 0 Å². The van der Waals surface area contributed by atoms with Crippen molar-refractivity contribution in [1.29, 1.82) is 0 Å². The third-order valence-electron chi connectivity index (χ3n) is 5.67. The van der Waals surface area contributed by atoms with Crippen LogP contribution in [0.3, 0.4) is 0 Å². The molecule has 0 aliphatic carbocycles. The summed E-state index contributed by atoms with van der Waals surface area (Å²) in [5, 5.41) is 10.9. The molecule has 1 aliphatic heterocycles. The van der Waals surface area contributed by atoms with Crippen molar-refractivity contribution in [2.75, 3.05) is 12.0 Å². The Kier molecular flexibility index (Phi) is 5.77. The Morgan fingerprint density at radius 3 is 2.27 bits per heavy atom. The van der Waals surface area contributed by atoms with Crippen molar-refractivity contribution in [3.8, 4) is 17.0 Å². The summed E-state index contributed by atoms with van der Waals surface area (Å²) in [5.74, 6) is -0.917. The average Bonchev–Trinajstić information content (AvgIpc) is 3.08. The number of ether oxygens (including phenoxy) is 1. The predicted molar refractivity (Wildman–Crippen MR) is 127 cm³/mol. The van der Waals surface area contributed by atoms with Crippen LogP contribution in [0.5, 0.6) is 5.75 Å². The molecule has 2 heterocycles. The minimum absolute atomic E-state index is 0.0748. The van der Waals surface area contributed by atoms with Crippen molar-refractivity contribution < 1.29 is 19.4 Å². The molecule has 1 amide bonds. The van der Waals surface area contributed by atoms with Crippen LogP contribution in [0, 0.1) is 5.41 Å². The maximum absolute atomic E-state index is 13.4. The summed E-state index contributed by atoms with van der Waals surface area (Å²) < 4.78 is 5.54. The van der Waals surface area contributed by atoms with Crippen molar-refractivity contribution in [1.82, 2.24) is 4.98 Å². The number of para-hydroxylation sites is 1. The van der Waals surface area contributed by atoms with E-state index in [0.29, 0.717) is 17.0 Å². The topological polar surface area (TPSA) is 79.7 Å². The molecule has 1 unspecified atom stereocenters. The van der Waals surface area contributed by atoms with Crippen molar-refractivity contribution in [3.05, 3.63) is 89.8 Å². The summed E-state index contributed by atoms with van der Waals surface area (Å²) >= 11 is 0. The molecule has 0 spiro atoms. The van der Waals surface area contributed by atoms with Gasteiger partial charge < -0.3 is 9.84 Å². The van der Waals surface area contributed by atoms with E-state index in [1.54, 1.807) is 51.2 Å². The van der Waals surface area contributed by atoms with E-state index < -0.39 is 23.1 Å². The van der Waals surface area contributed by atoms with Gasteiger partial charge in [0.25, 0.3) is 5.91 Å². The lowest BCUT2D eigenvalue weighted by molar-refractivity contribution is -0.123. The highest BCUT2D eigenvalue weighted by molar-refractivity contribution is 6.17. The molecule has 3 aromatic rings. The normalized spacial score (nSPS) is 16.3. The lowest BCUT2D eigenvalue weighted by atomic mass is 9.82. The second-order valence-corrected chi connectivity index (χ2v) is 8.92. The molecule has 0 fully saturated rings. The second-order valence-electron chi connectivity index (χ2n) is 8.92. The van der Waals surface area contributed by atoms with E-state index >= 15 is 0 Å². The molecule has 168 valence electrons. The Balaban J connectivity index is 1.85. The van der Waals surface area contributed by atoms with Crippen LogP contribution in [-0.4, -0.2) is 28.9 Å². The number of benzene rings is 2. The first kappa shape index (κ1) is 22.3. The monoisotopic (exact) mass is 442 g/mol. The molecule has 6 heteroatoms. The van der Waals surface area contributed by atoms with Crippen LogP contribution < -0.4 is 9.64 Å². The largest absolute Gasteiger partial charge is 0.503 e. The number of amides is 1. The fourth-order valence-electron chi connectivity index (χ4n) is 4.02. The molecule has 33 heavy (non-hydrogen) atoms. The van der Waals surface area contributed by atoms with E-state index in [-0.39, 0.29) is 11.4 Å². The van der Waals surface area contributed by atoms with Gasteiger partial charge in [0.15, 0.2) is 11.5 Å². The fourth-order valence-corrected chi connectivity index (χ4v) is 4.02. The highest BCUT2D eigenvalue weighted by Crippen LogP contribution is 2.45. The molecule has 0 bridgehead atoms. The van der Waals surface area contributed by atoms with E-state index in [1.807, 2.05) is 42.5 Å². The van der Waals surface area contributed by atoms with Crippen molar-refractivity contribution in [2.24, 2.45) is 5.41 Å². The van der Waals surface area contributed by atoms with Crippen LogP contribution in [0.1, 0.15) is 32.4 Å². The van der Waals surface area contributed by atoms with Crippen LogP contribution in [0.2, 0.25) is 0 Å². The fraction of sp³-hybridized carbons (Fsp3) is 0.222. The molecule has 1 aromatic heterocycles. The summed E-state index contributed by atoms with van der Waals surface area (Å²) in [6.45, 7) is 5.30. The van der Waals surface area contributed by atoms with E-state index in [0.717, 1.165) is 11.3 Å². The zero-order valence-electron chi connectivity index (χ0n) is 19.1. The molecular formula is C27H26N2O4. The highest BCUT2D eigenvalue weighted by atomic mass is 16.5. The number of nitrogens with zero attached hydrogens (tertiary/aromatic N) is 2. The van der Waals surface area contributed by atoms with Gasteiger partial charge in [0, 0.05) is 28.4 Å². The number of pyridine rings is 1. The van der Waals surface area contributed by atoms with Gasteiger partial charge >= 0.3 is 0 Å². The van der Waals surface area contributed by atoms with Gasteiger partial charge in [-0.3, -0.25) is 19.5 Å². The van der Waals surface area contributed by atoms with E-state index in [1.165, 1.54) is 12.0 Å². The van der Waals surface area contributed by atoms with Gasteiger partial charge in [-0.25, -0.2) is 0 Å². The molecular weight excluding hydrogens is 416 g/mol. The number of Topliss-reactive ketones (excluding diaryl/α,β-unsaturated/α-hetero) is 1. The maximum atomic E-state index is 13.4. The average molecular weight is 443 g/mol. The Hall–Kier alpha value is -3.93. The Morgan fingerprint density at radius 1 is 1.00 bits per heavy atom. The summed E-state index contributed by atoms with van der Waals surface area (Å²) in [7, 11) is 1.54. The van der Waals surface area contributed by atoms with Crippen LogP contribution in [0.25, 0.3) is 11.3 Å². The SMILES string of the molecule is COc1ccccc1C1C(C(=O)C(C)(C)C)=C(O)C(=O)N1c1ccc(-c2ccccn2)cc1. The standard InChI is InChI=1S/C27H26N2O4/c1-27(2,3)25(31)22-23(19-9-5-6-11-21(19)33-4)29(26(32)24(22)30)18-14-12-17(13-15-18)20-10-7-8-16-28-20/h5-16,23,30H,1-4H3. The number of carbonyl (C=O) groups excluding carboxylic acids is 2. The second kappa shape index (κ2) is 8.54. The van der Waals surface area contributed by atoms with Crippen molar-refractivity contribution in [3.63, 3.8) is 0 Å². The smallest absolute Gasteiger partial charge is 0.294 e. The number of aliphatic hydroxyl groups is 1. The summed E-state index contributed by atoms with van der Waals surface area (Å²) in [6.07, 6.45) is 1.72. The van der Waals surface area contributed by atoms with E-state index in [2.05, 4.69) is 4.98 Å². The van der Waals surface area contributed by atoms with Crippen LogP contribution in [0.4, 0.5) is 5.69 Å². The number of hydrogen-bond donors (Lipinski definition) is 1. The molecule has 1 atom stereocenters. The first-order valence-electron chi connectivity index (χ1n) is 10.7. The van der Waals surface area contributed by atoms with E-state index in [4.69, 9.17) is 4.74 Å². The molecule has 1 N–H and O–H groups in total.